The summed E-state index contributed by atoms with van der Waals surface area (Å²) in [7, 11) is 2.19. The van der Waals surface area contributed by atoms with Crippen LogP contribution in [0.5, 0.6) is 0 Å². The standard InChI is InChI=1S/C19H21ClN4/c1-22-8-10-23(11-9-22)14-18-12-15-6-7-21-13-19(15)24(18)17-4-2-16(20)3-5-17/h2-7,12-13H,8-11,14H2,1H3. The van der Waals surface area contributed by atoms with E-state index in [9.17, 15) is 0 Å². The second-order valence-electron chi connectivity index (χ2n) is 6.46. The molecule has 1 saturated heterocycles. The molecule has 1 aliphatic rings. The lowest BCUT2D eigenvalue weighted by atomic mass is 10.2. The van der Waals surface area contributed by atoms with Gasteiger partial charge in [0.25, 0.3) is 0 Å². The van der Waals surface area contributed by atoms with Gasteiger partial charge < -0.3 is 9.47 Å². The van der Waals surface area contributed by atoms with E-state index in [0.29, 0.717) is 0 Å². The summed E-state index contributed by atoms with van der Waals surface area (Å²) >= 11 is 6.07. The average Bonchev–Trinajstić information content (AvgIpc) is 2.96. The van der Waals surface area contributed by atoms with Crippen molar-refractivity contribution in [2.24, 2.45) is 0 Å². The highest BCUT2D eigenvalue weighted by molar-refractivity contribution is 6.30. The van der Waals surface area contributed by atoms with E-state index in [0.717, 1.165) is 49.0 Å². The number of hydrogen-bond acceptors (Lipinski definition) is 3. The molecule has 4 rings (SSSR count). The van der Waals surface area contributed by atoms with E-state index in [-0.39, 0.29) is 0 Å². The van der Waals surface area contributed by atoms with Crippen molar-refractivity contribution in [3.05, 3.63) is 59.5 Å². The fraction of sp³-hybridized carbons (Fsp3) is 0.316. The first-order chi connectivity index (χ1) is 11.7. The summed E-state index contributed by atoms with van der Waals surface area (Å²) < 4.78 is 2.30. The molecule has 124 valence electrons. The second kappa shape index (κ2) is 6.55. The molecule has 3 aromatic rings. The lowest BCUT2D eigenvalue weighted by Crippen LogP contribution is -2.44. The molecule has 3 heterocycles. The number of piperazine rings is 1. The van der Waals surface area contributed by atoms with Crippen LogP contribution in [-0.2, 0) is 6.54 Å². The Morgan fingerprint density at radius 1 is 1.04 bits per heavy atom. The van der Waals surface area contributed by atoms with E-state index in [1.807, 2.05) is 24.5 Å². The van der Waals surface area contributed by atoms with E-state index in [2.05, 4.69) is 50.7 Å². The normalized spacial score (nSPS) is 16.8. The van der Waals surface area contributed by atoms with Crippen LogP contribution >= 0.6 is 11.6 Å². The van der Waals surface area contributed by atoms with E-state index in [4.69, 9.17) is 11.6 Å². The number of rotatable bonds is 3. The second-order valence-corrected chi connectivity index (χ2v) is 6.90. The molecule has 0 N–H and O–H groups in total. The number of fused-ring (bicyclic) bond motifs is 1. The number of pyridine rings is 1. The zero-order valence-corrected chi connectivity index (χ0v) is 14.6. The largest absolute Gasteiger partial charge is 0.311 e. The summed E-state index contributed by atoms with van der Waals surface area (Å²) in [4.78, 5) is 9.23. The molecule has 5 heteroatoms. The SMILES string of the molecule is CN1CCN(Cc2cc3ccncc3n2-c2ccc(Cl)cc2)CC1. The van der Waals surface area contributed by atoms with Gasteiger partial charge in [-0.2, -0.15) is 0 Å². The highest BCUT2D eigenvalue weighted by atomic mass is 35.5. The van der Waals surface area contributed by atoms with Gasteiger partial charge in [-0.05, 0) is 43.4 Å². The zero-order valence-electron chi connectivity index (χ0n) is 13.8. The highest BCUT2D eigenvalue weighted by Crippen LogP contribution is 2.26. The molecule has 2 aromatic heterocycles. The average molecular weight is 341 g/mol. The molecule has 0 atom stereocenters. The Morgan fingerprint density at radius 2 is 1.79 bits per heavy atom. The van der Waals surface area contributed by atoms with Crippen LogP contribution in [0.15, 0.2) is 48.8 Å². The molecular formula is C19H21ClN4. The first-order valence-electron chi connectivity index (χ1n) is 8.32. The maximum Gasteiger partial charge on any atom is 0.0715 e. The van der Waals surface area contributed by atoms with Gasteiger partial charge in [-0.3, -0.25) is 9.88 Å². The van der Waals surface area contributed by atoms with Crippen LogP contribution in [0.4, 0.5) is 0 Å². The lowest BCUT2D eigenvalue weighted by molar-refractivity contribution is 0.146. The molecule has 1 fully saturated rings. The van der Waals surface area contributed by atoms with Crippen LogP contribution in [0, 0.1) is 0 Å². The van der Waals surface area contributed by atoms with Crippen molar-refractivity contribution >= 4 is 22.5 Å². The first-order valence-corrected chi connectivity index (χ1v) is 8.70. The van der Waals surface area contributed by atoms with Gasteiger partial charge in [0.2, 0.25) is 0 Å². The topological polar surface area (TPSA) is 24.3 Å². The van der Waals surface area contributed by atoms with Gasteiger partial charge in [0.05, 0.1) is 11.7 Å². The molecule has 0 spiro atoms. The van der Waals surface area contributed by atoms with Crippen molar-refractivity contribution in [3.63, 3.8) is 0 Å². The quantitative estimate of drug-likeness (QED) is 0.730. The van der Waals surface area contributed by atoms with Crippen molar-refractivity contribution in [3.8, 4) is 5.69 Å². The van der Waals surface area contributed by atoms with Crippen molar-refractivity contribution in [2.45, 2.75) is 6.54 Å². The predicted molar refractivity (Wildman–Crippen MR) is 98.9 cm³/mol. The van der Waals surface area contributed by atoms with Crippen LogP contribution < -0.4 is 0 Å². The molecule has 0 bridgehead atoms. The highest BCUT2D eigenvalue weighted by Gasteiger charge is 2.17. The number of likely N-dealkylation sites (N-methyl/N-ethyl adjacent to an activating group) is 1. The summed E-state index contributed by atoms with van der Waals surface area (Å²) in [6, 6.07) is 12.4. The van der Waals surface area contributed by atoms with Gasteiger partial charge in [0, 0.05) is 60.7 Å². The molecule has 0 saturated carbocycles. The molecular weight excluding hydrogens is 320 g/mol. The van der Waals surface area contributed by atoms with Crippen LogP contribution in [0.2, 0.25) is 5.02 Å². The van der Waals surface area contributed by atoms with E-state index < -0.39 is 0 Å². The third-order valence-corrected chi connectivity index (χ3v) is 5.00. The Morgan fingerprint density at radius 3 is 2.54 bits per heavy atom. The Labute approximate surface area is 147 Å². The minimum absolute atomic E-state index is 0.758. The third kappa shape index (κ3) is 3.05. The maximum atomic E-state index is 6.07. The van der Waals surface area contributed by atoms with Gasteiger partial charge in [0.15, 0.2) is 0 Å². The van der Waals surface area contributed by atoms with E-state index in [1.165, 1.54) is 11.1 Å². The van der Waals surface area contributed by atoms with Crippen molar-refractivity contribution in [1.82, 2.24) is 19.4 Å². The Kier molecular flexibility index (Phi) is 4.27. The van der Waals surface area contributed by atoms with Gasteiger partial charge >= 0.3 is 0 Å². The zero-order chi connectivity index (χ0) is 16.5. The monoisotopic (exact) mass is 340 g/mol. The molecule has 1 aromatic carbocycles. The minimum atomic E-state index is 0.758. The van der Waals surface area contributed by atoms with Crippen LogP contribution in [0.1, 0.15) is 5.69 Å². The Hall–Kier alpha value is -1.88. The minimum Gasteiger partial charge on any atom is -0.311 e. The summed E-state index contributed by atoms with van der Waals surface area (Å²) in [5, 5.41) is 1.98. The number of hydrogen-bond donors (Lipinski definition) is 0. The summed E-state index contributed by atoms with van der Waals surface area (Å²) in [5.74, 6) is 0. The van der Waals surface area contributed by atoms with E-state index >= 15 is 0 Å². The molecule has 0 unspecified atom stereocenters. The number of halogens is 1. The first kappa shape index (κ1) is 15.6. The predicted octanol–water partition coefficient (Wildman–Crippen LogP) is 3.43. The van der Waals surface area contributed by atoms with Gasteiger partial charge in [-0.15, -0.1) is 0 Å². The molecule has 0 radical (unpaired) electrons. The number of benzene rings is 1. The number of nitrogens with zero attached hydrogens (tertiary/aromatic N) is 4. The molecule has 1 aliphatic heterocycles. The lowest BCUT2D eigenvalue weighted by Gasteiger charge is -2.32. The smallest absolute Gasteiger partial charge is 0.0715 e. The summed E-state index contributed by atoms with van der Waals surface area (Å²) in [6.07, 6.45) is 3.80. The van der Waals surface area contributed by atoms with Crippen molar-refractivity contribution < 1.29 is 0 Å². The van der Waals surface area contributed by atoms with Crippen LogP contribution in [-0.4, -0.2) is 52.6 Å². The van der Waals surface area contributed by atoms with Crippen molar-refractivity contribution in [1.29, 1.82) is 0 Å². The molecule has 0 aliphatic carbocycles. The van der Waals surface area contributed by atoms with E-state index in [1.54, 1.807) is 0 Å². The fourth-order valence-electron chi connectivity index (χ4n) is 3.35. The molecule has 4 nitrogen and oxygen atoms in total. The van der Waals surface area contributed by atoms with Gasteiger partial charge in [0.1, 0.15) is 0 Å². The Balaban J connectivity index is 1.74. The Bertz CT molecular complexity index is 832. The number of aromatic nitrogens is 2. The summed E-state index contributed by atoms with van der Waals surface area (Å²) in [6.45, 7) is 5.42. The fourth-order valence-corrected chi connectivity index (χ4v) is 3.48. The maximum absolute atomic E-state index is 6.07. The third-order valence-electron chi connectivity index (χ3n) is 4.75. The van der Waals surface area contributed by atoms with Gasteiger partial charge in [-0.1, -0.05) is 11.6 Å². The van der Waals surface area contributed by atoms with Crippen molar-refractivity contribution in [2.75, 3.05) is 33.2 Å². The van der Waals surface area contributed by atoms with Crippen LogP contribution in [0.3, 0.4) is 0 Å². The molecule has 24 heavy (non-hydrogen) atoms. The van der Waals surface area contributed by atoms with Crippen LogP contribution in [0.25, 0.3) is 16.6 Å². The summed E-state index contributed by atoms with van der Waals surface area (Å²) in [5.41, 5.74) is 3.57. The van der Waals surface area contributed by atoms with Gasteiger partial charge in [-0.25, -0.2) is 0 Å². The molecule has 0 amide bonds.